The lowest BCUT2D eigenvalue weighted by molar-refractivity contribution is -0.390. The van der Waals surface area contributed by atoms with E-state index in [0.717, 1.165) is 26.7 Å². The summed E-state index contributed by atoms with van der Waals surface area (Å²) >= 11 is 0. The maximum Gasteiger partial charge on any atom is 0.338 e. The summed E-state index contributed by atoms with van der Waals surface area (Å²) in [6, 6.07) is 11.5. The molecular weight excluding hydrogens is 1570 g/mol. The summed E-state index contributed by atoms with van der Waals surface area (Å²) in [4.78, 5) is 104. The molecule has 0 saturated carbocycles. The van der Waals surface area contributed by atoms with Gasteiger partial charge in [0, 0.05) is 82.3 Å². The summed E-state index contributed by atoms with van der Waals surface area (Å²) in [7, 11) is 2.54. The van der Waals surface area contributed by atoms with Crippen molar-refractivity contribution in [2.24, 2.45) is 15.3 Å². The van der Waals surface area contributed by atoms with Crippen molar-refractivity contribution < 1.29 is 143 Å². The van der Waals surface area contributed by atoms with Crippen molar-refractivity contribution in [3.05, 3.63) is 103 Å². The third kappa shape index (κ3) is 29.6. The predicted octanol–water partition coefficient (Wildman–Crippen LogP) is 11.0. The minimum absolute atomic E-state index is 0.00271. The van der Waals surface area contributed by atoms with Crippen LogP contribution in [0.15, 0.2) is 76.0 Å². The first-order chi connectivity index (χ1) is 57.8. The van der Waals surface area contributed by atoms with Crippen LogP contribution in [-0.4, -0.2) is 276 Å². The highest BCUT2D eigenvalue weighted by molar-refractivity contribution is 5.90. The number of ether oxygens (including phenoxy) is 22. The number of carbonyl (C=O) groups is 6. The number of azide groups is 3. The van der Waals surface area contributed by atoms with Crippen LogP contribution in [0.25, 0.3) is 31.3 Å². The molecule has 5 fully saturated rings. The normalized spacial score (nSPS) is 30.6. The van der Waals surface area contributed by atoms with Crippen LogP contribution in [0.3, 0.4) is 0 Å². The molecule has 25 atom stereocenters. The average molecular weight is 1690 g/mol. The third-order valence-corrected chi connectivity index (χ3v) is 19.9. The molecule has 7 rings (SSSR count). The first-order valence-electron chi connectivity index (χ1n) is 41.3. The van der Waals surface area contributed by atoms with Gasteiger partial charge in [0.05, 0.1) is 37.1 Å². The van der Waals surface area contributed by atoms with Crippen LogP contribution in [0.1, 0.15) is 180 Å². The Kier molecular flexibility index (Phi) is 44.8. The Morgan fingerprint density at radius 1 is 0.353 bits per heavy atom. The summed E-state index contributed by atoms with van der Waals surface area (Å²) in [5.41, 5.74) is 31.6. The Morgan fingerprint density at radius 3 is 1.18 bits per heavy atom. The van der Waals surface area contributed by atoms with Gasteiger partial charge in [-0.1, -0.05) is 145 Å². The third-order valence-electron chi connectivity index (χ3n) is 19.9. The van der Waals surface area contributed by atoms with E-state index in [9.17, 15) is 40.6 Å². The van der Waals surface area contributed by atoms with Gasteiger partial charge >= 0.3 is 35.8 Å². The highest BCUT2D eigenvalue weighted by Crippen LogP contribution is 2.42. The molecule has 5 aliphatic heterocycles. The fourth-order valence-electron chi connectivity index (χ4n) is 13.8. The highest BCUT2D eigenvalue weighted by atomic mass is 17.2. The zero-order chi connectivity index (χ0) is 86.0. The topological polar surface area (TPSA) is 470 Å². The van der Waals surface area contributed by atoms with Gasteiger partial charge in [-0.05, 0) is 85.8 Å². The maximum absolute atomic E-state index is 15.3. The SMILES string of the molecule is CCCCOC(=O)C1O[C@@H](O[C@@H]2C(COC(C)=O)O[C@H](O[C@@H]3C(COOC)O[C@@H](O[C@@H]4C(COC(=O)c5ccccc5)O[C@H](OC)C(N=[N+]=[N-])C4OCCCC)C(OC(=O)c4ccccc4)C3OCCCC)C(N=[N+]=[N-])C2OC(C)=O)C(OCCCC)C(OCCCC)[C@@H]1O[C@H]1OC(COC(C)=O)[C@@H](OCCCC)C(OCCCC)C1N=[N+]=[N-]. The number of hydrogen-bond acceptors (Lipinski definition) is 33. The molecule has 0 amide bonds. The van der Waals surface area contributed by atoms with E-state index >= 15 is 4.79 Å². The monoisotopic (exact) mass is 1690 g/mol. The Balaban J connectivity index is 1.39. The second-order valence-corrected chi connectivity index (χ2v) is 28.8. The largest absolute Gasteiger partial charge is 0.464 e. The van der Waals surface area contributed by atoms with Gasteiger partial charge in [0.1, 0.15) is 124 Å². The van der Waals surface area contributed by atoms with E-state index in [4.69, 9.17) is 114 Å². The molecule has 0 radical (unpaired) electrons. The van der Waals surface area contributed by atoms with Crippen molar-refractivity contribution >= 4 is 35.8 Å². The molecule has 2 aromatic rings. The number of carbonyl (C=O) groups excluding carboxylic acids is 6. The highest BCUT2D eigenvalue weighted by Gasteiger charge is 2.61. The summed E-state index contributed by atoms with van der Waals surface area (Å²) in [5.74, 6) is -5.15. The van der Waals surface area contributed by atoms with Crippen molar-refractivity contribution in [1.82, 2.24) is 0 Å². The quantitative estimate of drug-likeness (QED) is 0.00867. The fraction of sp³-hybridized carbons (Fsp3) is 0.775. The van der Waals surface area contributed by atoms with Crippen molar-refractivity contribution in [2.75, 3.05) is 86.9 Å². The van der Waals surface area contributed by atoms with Crippen LogP contribution in [0, 0.1) is 0 Å². The Bertz CT molecular complexity index is 3480. The first kappa shape index (κ1) is 98.6. The average Bonchev–Trinajstić information content (AvgIpc) is 0.755. The molecule has 5 saturated heterocycles. The fourth-order valence-corrected chi connectivity index (χ4v) is 13.8. The zero-order valence-corrected chi connectivity index (χ0v) is 70.2. The number of esters is 6. The molecule has 15 unspecified atom stereocenters. The standard InChI is InChI=1S/C80H121N9O30/c1-13-20-37-98-60-53(44-105-48(8)90)111-77(58(85-88-82)64(60)99-38-21-14-2)118-69-68(102-41-24-17-5)71(103-42-25-18-6)79(119-70(69)75(95)104-43-26-19-7)117-62-54(45-106-49(9)91)112-78(59(86-89-83)66(62)109-50(10)92)115-63-56(47-108-97-12)113-80(72(67(63)101-40-23-16-4)114-74(94)52-35-31-28-32-36-52)116-61-55(46-107-73(93)51-33-29-27-30-34-51)110-76(96-11)57(84-87-81)65(61)100-39-22-15-3/h27-36,53-72,76-80H,13-26,37-47H2,1-12H3/t53?,54?,55?,56?,57?,58?,59?,60-,61-,62-,63-,64?,65?,66?,67?,68?,69+,70?,71?,72?,76+,77-,78-,79-,80+/m1/s1. The molecule has 0 spiro atoms. The molecular formula is C80H121N9O30. The predicted molar refractivity (Wildman–Crippen MR) is 417 cm³/mol. The molecule has 0 N–H and O–H groups in total. The van der Waals surface area contributed by atoms with Crippen molar-refractivity contribution in [3.8, 4) is 0 Å². The van der Waals surface area contributed by atoms with Crippen LogP contribution in [0.4, 0.5) is 0 Å². The molecule has 119 heavy (non-hydrogen) atoms. The summed E-state index contributed by atoms with van der Waals surface area (Å²) < 4.78 is 144. The molecule has 5 aliphatic rings. The van der Waals surface area contributed by atoms with E-state index in [2.05, 4.69) is 30.1 Å². The van der Waals surface area contributed by atoms with E-state index in [0.29, 0.717) is 77.0 Å². The second kappa shape index (κ2) is 54.1. The maximum atomic E-state index is 15.3. The van der Waals surface area contributed by atoms with Gasteiger partial charge in [0.15, 0.2) is 43.7 Å². The lowest BCUT2D eigenvalue weighted by Gasteiger charge is -2.52. The lowest BCUT2D eigenvalue weighted by Crippen LogP contribution is -2.69. The molecule has 666 valence electrons. The number of unbranched alkanes of at least 4 members (excludes halogenated alkanes) is 7. The van der Waals surface area contributed by atoms with Crippen LogP contribution in [-0.2, 0) is 133 Å². The number of nitrogens with zero attached hydrogens (tertiary/aromatic N) is 9. The van der Waals surface area contributed by atoms with Gasteiger partial charge in [-0.15, -0.1) is 0 Å². The molecule has 39 heteroatoms. The minimum Gasteiger partial charge on any atom is -0.464 e. The van der Waals surface area contributed by atoms with E-state index in [-0.39, 0.29) is 64.0 Å². The van der Waals surface area contributed by atoms with Crippen molar-refractivity contribution in [3.63, 3.8) is 0 Å². The van der Waals surface area contributed by atoms with E-state index in [1.807, 2.05) is 48.5 Å². The summed E-state index contributed by atoms with van der Waals surface area (Å²) in [5, 5.41) is 12.5. The van der Waals surface area contributed by atoms with Gasteiger partial charge in [0.25, 0.3) is 0 Å². The van der Waals surface area contributed by atoms with E-state index in [1.165, 1.54) is 33.3 Å². The lowest BCUT2D eigenvalue weighted by atomic mass is 9.93. The van der Waals surface area contributed by atoms with Gasteiger partial charge < -0.3 is 104 Å². The molecule has 5 heterocycles. The molecule has 0 bridgehead atoms. The minimum atomic E-state index is -1.97. The van der Waals surface area contributed by atoms with Gasteiger partial charge in [-0.3, -0.25) is 14.4 Å². The van der Waals surface area contributed by atoms with E-state index < -0.39 is 209 Å². The smallest absolute Gasteiger partial charge is 0.338 e. The molecule has 39 nitrogen and oxygen atoms in total. The zero-order valence-electron chi connectivity index (χ0n) is 70.2. The van der Waals surface area contributed by atoms with Crippen LogP contribution >= 0.6 is 0 Å². The number of rotatable bonds is 53. The van der Waals surface area contributed by atoms with Crippen LogP contribution in [0.5, 0.6) is 0 Å². The first-order valence-corrected chi connectivity index (χ1v) is 41.3. The van der Waals surface area contributed by atoms with Crippen LogP contribution < -0.4 is 0 Å². The molecule has 0 aromatic heterocycles. The van der Waals surface area contributed by atoms with Gasteiger partial charge in [0.2, 0.25) is 0 Å². The van der Waals surface area contributed by atoms with Gasteiger partial charge in [-0.2, -0.15) is 0 Å². The number of hydrogen-bond donors (Lipinski definition) is 0. The molecule has 0 aliphatic carbocycles. The number of benzene rings is 2. The second-order valence-electron chi connectivity index (χ2n) is 28.8. The van der Waals surface area contributed by atoms with Gasteiger partial charge in [-0.25, -0.2) is 24.2 Å². The van der Waals surface area contributed by atoms with Crippen LogP contribution in [0.2, 0.25) is 0 Å². The Morgan fingerprint density at radius 2 is 0.714 bits per heavy atom. The summed E-state index contributed by atoms with van der Waals surface area (Å²) in [6.45, 7) is 14.9. The Labute approximate surface area is 693 Å². The summed E-state index contributed by atoms with van der Waals surface area (Å²) in [6.07, 6.45) is -26.5. The number of methoxy groups -OCH3 is 1. The molecule has 2 aromatic carbocycles. The van der Waals surface area contributed by atoms with E-state index in [1.54, 1.807) is 48.5 Å². The Hall–Kier alpha value is -7.53. The van der Waals surface area contributed by atoms with Crippen molar-refractivity contribution in [1.29, 1.82) is 0 Å². The van der Waals surface area contributed by atoms with Crippen molar-refractivity contribution in [2.45, 2.75) is 312 Å².